The van der Waals surface area contributed by atoms with Crippen LogP contribution in [0.15, 0.2) is 0 Å². The van der Waals surface area contributed by atoms with E-state index in [0.717, 1.165) is 29.3 Å². The summed E-state index contributed by atoms with van der Waals surface area (Å²) in [6.07, 6.45) is 7.87. The van der Waals surface area contributed by atoms with E-state index in [9.17, 15) is 0 Å². The van der Waals surface area contributed by atoms with Crippen molar-refractivity contribution in [1.29, 1.82) is 0 Å². The van der Waals surface area contributed by atoms with E-state index in [1.807, 2.05) is 0 Å². The van der Waals surface area contributed by atoms with Gasteiger partial charge in [0.15, 0.2) is 0 Å². The van der Waals surface area contributed by atoms with Gasteiger partial charge in [-0.05, 0) is 61.4 Å². The average molecular weight is 248 g/mol. The van der Waals surface area contributed by atoms with Gasteiger partial charge < -0.3 is 4.55 Å². The Hall–Kier alpha value is 0.500. The van der Waals surface area contributed by atoms with Crippen LogP contribution in [0, 0.1) is 23.7 Å². The molecular formula is C10H19NO2PS-. The summed E-state index contributed by atoms with van der Waals surface area (Å²) in [4.78, 5) is 0. The number of hydrogen-bond acceptors (Lipinski definition) is 2. The predicted octanol–water partition coefficient (Wildman–Crippen LogP) is 1.43. The fraction of sp³-hybridized carbons (Fsp3) is 1.00. The van der Waals surface area contributed by atoms with E-state index in [4.69, 9.17) is 8.76 Å². The first-order chi connectivity index (χ1) is 7.06. The average Bonchev–Trinajstić information content (AvgIpc) is 2.11. The van der Waals surface area contributed by atoms with E-state index in [1.54, 1.807) is 32.1 Å². The van der Waals surface area contributed by atoms with Gasteiger partial charge in [0.1, 0.15) is 0 Å². The van der Waals surface area contributed by atoms with Gasteiger partial charge in [-0.1, -0.05) is 0 Å². The van der Waals surface area contributed by atoms with Crippen LogP contribution in [0.4, 0.5) is 0 Å². The zero-order valence-corrected chi connectivity index (χ0v) is 10.8. The second kappa shape index (κ2) is 4.79. The van der Waals surface area contributed by atoms with Gasteiger partial charge in [-0.25, -0.2) is 0 Å². The number of nitrogens with two attached hydrogens (primary N) is 1. The first kappa shape index (κ1) is 12.0. The molecule has 4 aliphatic rings. The van der Waals surface area contributed by atoms with Crippen LogP contribution >= 0.6 is 9.24 Å². The van der Waals surface area contributed by atoms with Gasteiger partial charge in [-0.15, -0.1) is 9.24 Å². The number of hydrogen-bond donors (Lipinski definition) is 1. The maximum Gasteiger partial charge on any atom is 0.0152 e. The minimum absolute atomic E-state index is 1.00. The molecule has 2 unspecified atom stereocenters. The summed E-state index contributed by atoms with van der Waals surface area (Å²) in [5.41, 5.74) is 1.00. The highest BCUT2D eigenvalue weighted by molar-refractivity contribution is 7.76. The molecule has 4 fully saturated rings. The molecular weight excluding hydrogens is 229 g/mol. The maximum absolute atomic E-state index is 8.78. The van der Waals surface area contributed by atoms with Crippen molar-refractivity contribution in [2.45, 2.75) is 37.8 Å². The molecule has 0 radical (unpaired) electrons. The summed E-state index contributed by atoms with van der Waals surface area (Å²) in [7, 11) is 3.12. The van der Waals surface area contributed by atoms with Crippen LogP contribution in [0.25, 0.3) is 0 Å². The molecule has 2 N–H and O–H groups in total. The van der Waals surface area contributed by atoms with Crippen molar-refractivity contribution in [3.8, 4) is 0 Å². The molecule has 5 heteroatoms. The minimum Gasteiger partial charge on any atom is -0.760 e. The molecule has 4 bridgehead atoms. The lowest BCUT2D eigenvalue weighted by atomic mass is 9.56. The maximum atomic E-state index is 8.78. The lowest BCUT2D eigenvalue weighted by molar-refractivity contribution is 0.0264. The molecule has 0 aliphatic heterocycles. The summed E-state index contributed by atoms with van der Waals surface area (Å²) in [6, 6.07) is 0. The molecule has 4 rings (SSSR count). The Morgan fingerprint density at radius 1 is 1.07 bits per heavy atom. The summed E-state index contributed by atoms with van der Waals surface area (Å²) >= 11 is -2.36. The molecule has 4 aliphatic carbocycles. The third-order valence-corrected chi connectivity index (χ3v) is 5.39. The topological polar surface area (TPSA) is 66.2 Å². The van der Waals surface area contributed by atoms with Crippen LogP contribution < -0.4 is 5.14 Å². The first-order valence-corrected chi connectivity index (χ1v) is 7.46. The quantitative estimate of drug-likeness (QED) is 0.520. The second-order valence-corrected chi connectivity index (χ2v) is 6.56. The predicted molar refractivity (Wildman–Crippen MR) is 63.7 cm³/mol. The van der Waals surface area contributed by atoms with Crippen LogP contribution in [0.3, 0.4) is 0 Å². The monoisotopic (exact) mass is 248 g/mol. The summed E-state index contributed by atoms with van der Waals surface area (Å²) in [6.45, 7) is 0. The molecule has 2 atom stereocenters. The Labute approximate surface area is 96.2 Å². The van der Waals surface area contributed by atoms with Gasteiger partial charge in [0.05, 0.1) is 0 Å². The van der Waals surface area contributed by atoms with Gasteiger partial charge >= 0.3 is 0 Å². The molecule has 0 aromatic heterocycles. The molecule has 15 heavy (non-hydrogen) atoms. The molecule has 0 aromatic rings. The molecule has 0 heterocycles. The molecule has 0 saturated heterocycles. The highest BCUT2D eigenvalue weighted by Crippen LogP contribution is 2.55. The Morgan fingerprint density at radius 2 is 1.40 bits per heavy atom. The van der Waals surface area contributed by atoms with Gasteiger partial charge in [0, 0.05) is 11.3 Å². The van der Waals surface area contributed by atoms with E-state index >= 15 is 0 Å². The Kier molecular flexibility index (Phi) is 3.82. The Morgan fingerprint density at radius 3 is 1.73 bits per heavy atom. The largest absolute Gasteiger partial charge is 0.760 e. The van der Waals surface area contributed by atoms with Crippen molar-refractivity contribution < 1.29 is 8.76 Å². The fourth-order valence-corrected chi connectivity index (χ4v) is 4.60. The second-order valence-electron chi connectivity index (χ2n) is 5.27. The van der Waals surface area contributed by atoms with Crippen LogP contribution in [0.1, 0.15) is 32.1 Å². The third kappa shape index (κ3) is 2.79. The van der Waals surface area contributed by atoms with E-state index < -0.39 is 11.3 Å². The Bertz CT molecular complexity index is 230. The van der Waals surface area contributed by atoms with Crippen LogP contribution in [-0.4, -0.2) is 14.4 Å². The molecule has 0 aromatic carbocycles. The highest BCUT2D eigenvalue weighted by Gasteiger charge is 2.46. The zero-order chi connectivity index (χ0) is 11.0. The normalized spacial score (nSPS) is 48.3. The van der Waals surface area contributed by atoms with Crippen molar-refractivity contribution in [2.24, 2.45) is 28.8 Å². The summed E-state index contributed by atoms with van der Waals surface area (Å²) in [5, 5.41) is 4.03. The fourth-order valence-electron chi connectivity index (χ4n) is 3.97. The molecule has 0 amide bonds. The van der Waals surface area contributed by atoms with Gasteiger partial charge in [-0.3, -0.25) is 9.35 Å². The molecule has 3 nitrogen and oxygen atoms in total. The van der Waals surface area contributed by atoms with Crippen LogP contribution in [0.2, 0.25) is 0 Å². The summed E-state index contributed by atoms with van der Waals surface area (Å²) < 4.78 is 17.6. The number of rotatable bonds is 0. The Balaban J connectivity index is 0.000000188. The molecule has 88 valence electrons. The van der Waals surface area contributed by atoms with Crippen molar-refractivity contribution in [3.05, 3.63) is 0 Å². The van der Waals surface area contributed by atoms with Crippen molar-refractivity contribution in [1.82, 2.24) is 0 Å². The van der Waals surface area contributed by atoms with Crippen LogP contribution in [0.5, 0.6) is 0 Å². The SMILES string of the molecule is NS(=O)[O-].PC1C2CC3CC(C2)CC1C3. The highest BCUT2D eigenvalue weighted by atomic mass is 32.2. The minimum atomic E-state index is -2.36. The lowest BCUT2D eigenvalue weighted by Gasteiger charge is -2.53. The smallest absolute Gasteiger partial charge is 0.0152 e. The molecule has 0 spiro atoms. The van der Waals surface area contributed by atoms with Gasteiger partial charge in [0.2, 0.25) is 0 Å². The first-order valence-electron chi connectivity index (χ1n) is 5.65. The van der Waals surface area contributed by atoms with E-state index in [-0.39, 0.29) is 0 Å². The van der Waals surface area contributed by atoms with Gasteiger partial charge in [-0.2, -0.15) is 0 Å². The zero-order valence-electron chi connectivity index (χ0n) is 8.80. The van der Waals surface area contributed by atoms with E-state index in [0.29, 0.717) is 0 Å². The standard InChI is InChI=1S/C10H17P.H3NO2S/c11-10-8-2-6-1-7(4-8)5-9(10)3-6;1-4(2)3/h6-10H,1-5,11H2;1H2,(H,2,3)/p-1. The molecule has 4 saturated carbocycles. The van der Waals surface area contributed by atoms with Crippen molar-refractivity contribution >= 4 is 20.5 Å². The van der Waals surface area contributed by atoms with Crippen molar-refractivity contribution in [2.75, 3.05) is 0 Å². The lowest BCUT2D eigenvalue weighted by Crippen LogP contribution is -2.45. The summed E-state index contributed by atoms with van der Waals surface area (Å²) in [5.74, 6) is 4.51. The van der Waals surface area contributed by atoms with Crippen molar-refractivity contribution in [3.63, 3.8) is 0 Å². The van der Waals surface area contributed by atoms with Crippen LogP contribution in [-0.2, 0) is 11.3 Å². The van der Waals surface area contributed by atoms with Gasteiger partial charge in [0.25, 0.3) is 0 Å². The van der Waals surface area contributed by atoms with E-state index in [1.165, 1.54) is 0 Å². The third-order valence-electron chi connectivity index (χ3n) is 4.30. The van der Waals surface area contributed by atoms with E-state index in [2.05, 4.69) is 14.4 Å².